The van der Waals surface area contributed by atoms with E-state index in [0.29, 0.717) is 22.0 Å². The number of sulfonamides is 1. The summed E-state index contributed by atoms with van der Waals surface area (Å²) < 4.78 is 31.5. The fourth-order valence-corrected chi connectivity index (χ4v) is 4.10. The second-order valence-corrected chi connectivity index (χ2v) is 7.20. The quantitative estimate of drug-likeness (QED) is 0.942. The molecule has 102 valence electrons. The van der Waals surface area contributed by atoms with Crippen molar-refractivity contribution in [3.05, 3.63) is 39.4 Å². The van der Waals surface area contributed by atoms with Crippen molar-refractivity contribution >= 4 is 38.8 Å². The highest BCUT2D eigenvalue weighted by Crippen LogP contribution is 2.28. The molecule has 0 bridgehead atoms. The van der Waals surface area contributed by atoms with Gasteiger partial charge in [0.25, 0.3) is 10.0 Å². The third-order valence-corrected chi connectivity index (χ3v) is 5.52. The van der Waals surface area contributed by atoms with Gasteiger partial charge in [0.05, 0.1) is 16.3 Å². The lowest BCUT2D eigenvalue weighted by molar-refractivity contribution is 0.600. The number of halogens is 1. The van der Waals surface area contributed by atoms with Crippen molar-refractivity contribution in [3.8, 4) is 0 Å². The minimum atomic E-state index is -3.65. The highest BCUT2D eigenvalue weighted by atomic mass is 35.5. The van der Waals surface area contributed by atoms with Gasteiger partial charge in [-0.3, -0.25) is 4.72 Å². The largest absolute Gasteiger partial charge is 0.277 e. The summed E-state index contributed by atoms with van der Waals surface area (Å²) in [5.41, 5.74) is 1.75. The molecular weight excluding hydrogens is 304 g/mol. The molecule has 0 atom stereocenters. The lowest BCUT2D eigenvalue weighted by Crippen LogP contribution is -2.15. The zero-order valence-electron chi connectivity index (χ0n) is 10.7. The maximum Gasteiger partial charge on any atom is 0.262 e. The average molecular weight is 317 g/mol. The number of rotatable bonds is 3. The molecule has 7 heteroatoms. The molecule has 2 rings (SSSR count). The van der Waals surface area contributed by atoms with Crippen LogP contribution < -0.4 is 4.72 Å². The van der Waals surface area contributed by atoms with Crippen molar-refractivity contribution in [1.82, 2.24) is 4.37 Å². The van der Waals surface area contributed by atoms with Crippen LogP contribution in [0.3, 0.4) is 0 Å². The second kappa shape index (κ2) is 5.11. The molecule has 19 heavy (non-hydrogen) atoms. The fraction of sp³-hybridized carbons (Fsp3) is 0.250. The van der Waals surface area contributed by atoms with Gasteiger partial charge in [-0.2, -0.15) is 4.37 Å². The van der Waals surface area contributed by atoms with Crippen LogP contribution in [0.2, 0.25) is 5.02 Å². The molecule has 1 N–H and O–H groups in total. The van der Waals surface area contributed by atoms with Crippen molar-refractivity contribution in [1.29, 1.82) is 0 Å². The maximum absolute atomic E-state index is 12.4. The Morgan fingerprint density at radius 1 is 1.26 bits per heavy atom. The zero-order chi connectivity index (χ0) is 14.2. The summed E-state index contributed by atoms with van der Waals surface area (Å²) in [5, 5.41) is 0.430. The minimum absolute atomic E-state index is 0.185. The third kappa shape index (κ3) is 2.75. The number of nitrogens with zero attached hydrogens (tertiary/aromatic N) is 1. The van der Waals surface area contributed by atoms with Gasteiger partial charge >= 0.3 is 0 Å². The van der Waals surface area contributed by atoms with Crippen molar-refractivity contribution in [2.45, 2.75) is 25.7 Å². The van der Waals surface area contributed by atoms with Crippen LogP contribution in [-0.2, 0) is 10.0 Å². The van der Waals surface area contributed by atoms with Gasteiger partial charge in [0.15, 0.2) is 0 Å². The summed E-state index contributed by atoms with van der Waals surface area (Å²) in [6, 6.07) is 4.82. The molecule has 0 saturated carbocycles. The van der Waals surface area contributed by atoms with Crippen LogP contribution in [0.25, 0.3) is 0 Å². The number of aromatic nitrogens is 1. The molecule has 0 aliphatic rings. The Kier molecular flexibility index (Phi) is 3.85. The van der Waals surface area contributed by atoms with E-state index in [9.17, 15) is 8.42 Å². The van der Waals surface area contributed by atoms with E-state index >= 15 is 0 Å². The summed E-state index contributed by atoms with van der Waals surface area (Å²) in [4.78, 5) is 1.02. The van der Waals surface area contributed by atoms with E-state index in [1.807, 2.05) is 6.92 Å². The first-order valence-corrected chi connectivity index (χ1v) is 8.17. The Hall–Kier alpha value is -1.11. The average Bonchev–Trinajstić information content (AvgIpc) is 2.64. The lowest BCUT2D eigenvalue weighted by atomic mass is 10.2. The molecule has 0 saturated heterocycles. The molecular formula is C12H13ClN2O2S2. The van der Waals surface area contributed by atoms with Crippen molar-refractivity contribution in [3.63, 3.8) is 0 Å². The summed E-state index contributed by atoms with van der Waals surface area (Å²) >= 11 is 7.23. The van der Waals surface area contributed by atoms with Crippen LogP contribution in [0.5, 0.6) is 0 Å². The Bertz CT molecular complexity index is 704. The van der Waals surface area contributed by atoms with E-state index in [-0.39, 0.29) is 4.90 Å². The monoisotopic (exact) mass is 316 g/mol. The van der Waals surface area contributed by atoms with E-state index in [4.69, 9.17) is 11.6 Å². The van der Waals surface area contributed by atoms with Crippen LogP contribution in [0.15, 0.2) is 23.1 Å². The Labute approximate surface area is 121 Å². The van der Waals surface area contributed by atoms with E-state index in [1.165, 1.54) is 17.6 Å². The van der Waals surface area contributed by atoms with Gasteiger partial charge < -0.3 is 0 Å². The predicted molar refractivity (Wildman–Crippen MR) is 78.6 cm³/mol. The highest BCUT2D eigenvalue weighted by molar-refractivity contribution is 7.92. The Morgan fingerprint density at radius 2 is 1.95 bits per heavy atom. The number of nitrogens with one attached hydrogen (secondary N) is 1. The normalized spacial score (nSPS) is 11.6. The summed E-state index contributed by atoms with van der Waals surface area (Å²) in [6.07, 6.45) is 0. The molecule has 2 aromatic rings. The first-order chi connectivity index (χ1) is 8.83. The lowest BCUT2D eigenvalue weighted by Gasteiger charge is -2.11. The van der Waals surface area contributed by atoms with Crippen LogP contribution in [0.1, 0.15) is 16.1 Å². The molecule has 1 heterocycles. The van der Waals surface area contributed by atoms with Gasteiger partial charge in [0.2, 0.25) is 0 Å². The number of benzene rings is 1. The van der Waals surface area contributed by atoms with Gasteiger partial charge in [0.1, 0.15) is 0 Å². The first-order valence-electron chi connectivity index (χ1n) is 5.53. The van der Waals surface area contributed by atoms with Crippen molar-refractivity contribution in [2.75, 3.05) is 4.72 Å². The van der Waals surface area contributed by atoms with Crippen LogP contribution in [-0.4, -0.2) is 12.8 Å². The summed E-state index contributed by atoms with van der Waals surface area (Å²) in [5.74, 6) is 0. The number of hydrogen-bond acceptors (Lipinski definition) is 4. The van der Waals surface area contributed by atoms with Gasteiger partial charge in [-0.25, -0.2) is 8.42 Å². The molecule has 0 spiro atoms. The van der Waals surface area contributed by atoms with Gasteiger partial charge in [-0.1, -0.05) is 17.7 Å². The Morgan fingerprint density at radius 3 is 2.53 bits per heavy atom. The van der Waals surface area contributed by atoms with Gasteiger partial charge in [-0.15, -0.1) is 0 Å². The molecule has 0 radical (unpaired) electrons. The van der Waals surface area contributed by atoms with Crippen LogP contribution in [0.4, 0.5) is 5.69 Å². The van der Waals surface area contributed by atoms with E-state index in [0.717, 1.165) is 4.88 Å². The maximum atomic E-state index is 12.4. The zero-order valence-corrected chi connectivity index (χ0v) is 13.1. The SMILES string of the molecule is Cc1nsc(C)c1NS(=O)(=O)c1cccc(Cl)c1C. The predicted octanol–water partition coefficient (Wildman–Crippen LogP) is 3.52. The van der Waals surface area contributed by atoms with E-state index in [1.54, 1.807) is 26.0 Å². The molecule has 0 aliphatic heterocycles. The molecule has 1 aromatic carbocycles. The second-order valence-electron chi connectivity index (χ2n) is 4.17. The summed E-state index contributed by atoms with van der Waals surface area (Å²) in [7, 11) is -3.65. The topological polar surface area (TPSA) is 59.1 Å². The fourth-order valence-electron chi connectivity index (χ4n) is 1.70. The number of hydrogen-bond donors (Lipinski definition) is 1. The molecule has 4 nitrogen and oxygen atoms in total. The smallest absolute Gasteiger partial charge is 0.262 e. The minimum Gasteiger partial charge on any atom is -0.277 e. The molecule has 1 aromatic heterocycles. The number of aryl methyl sites for hydroxylation is 2. The molecule has 0 amide bonds. The molecule has 0 fully saturated rings. The Balaban J connectivity index is 2.47. The van der Waals surface area contributed by atoms with Gasteiger partial charge in [-0.05, 0) is 50.0 Å². The van der Waals surface area contributed by atoms with Crippen molar-refractivity contribution < 1.29 is 8.42 Å². The number of anilines is 1. The highest BCUT2D eigenvalue weighted by Gasteiger charge is 2.20. The van der Waals surface area contributed by atoms with E-state index < -0.39 is 10.0 Å². The summed E-state index contributed by atoms with van der Waals surface area (Å²) in [6.45, 7) is 5.28. The molecule has 0 unspecified atom stereocenters. The van der Waals surface area contributed by atoms with Crippen LogP contribution >= 0.6 is 23.1 Å². The third-order valence-electron chi connectivity index (χ3n) is 2.78. The first kappa shape index (κ1) is 14.3. The van der Waals surface area contributed by atoms with E-state index in [2.05, 4.69) is 9.10 Å². The molecule has 0 aliphatic carbocycles. The van der Waals surface area contributed by atoms with Gasteiger partial charge in [0, 0.05) is 9.90 Å². The standard InChI is InChI=1S/C12H13ClN2O2S2/c1-7-10(13)5-4-6-11(7)19(16,17)15-12-8(2)14-18-9(12)3/h4-6,15H,1-3H3. The van der Waals surface area contributed by atoms with Crippen molar-refractivity contribution in [2.24, 2.45) is 0 Å². The van der Waals surface area contributed by atoms with Crippen LogP contribution in [0, 0.1) is 20.8 Å².